The summed E-state index contributed by atoms with van der Waals surface area (Å²) in [6.07, 6.45) is 5.24. The smallest absolute Gasteiger partial charge is 0.285 e. The van der Waals surface area contributed by atoms with Gasteiger partial charge in [-0.05, 0) is 29.8 Å². The minimum atomic E-state index is -0.201. The number of rotatable bonds is 6. The van der Waals surface area contributed by atoms with Gasteiger partial charge in [0.15, 0.2) is 0 Å². The van der Waals surface area contributed by atoms with Crippen LogP contribution in [0.25, 0.3) is 0 Å². The van der Waals surface area contributed by atoms with Gasteiger partial charge in [0.1, 0.15) is 17.8 Å². The zero-order valence-electron chi connectivity index (χ0n) is 13.4. The lowest BCUT2D eigenvalue weighted by molar-refractivity contribution is 0.275. The fourth-order valence-electron chi connectivity index (χ4n) is 2.24. The standard InChI is InChI=1S/C18H14Cl2N2O2S2/c19-13-6-7-15(16(20)10-13)17(11-22-9-8-21-12-22)25-18(23)26-24-14-4-2-1-3-5-14/h1-10,12,17H,11H2. The first-order valence-electron chi connectivity index (χ1n) is 7.62. The van der Waals surface area contributed by atoms with Crippen LogP contribution in [0.4, 0.5) is 4.79 Å². The van der Waals surface area contributed by atoms with Crippen molar-refractivity contribution < 1.29 is 8.98 Å². The van der Waals surface area contributed by atoms with Crippen molar-refractivity contribution in [3.63, 3.8) is 0 Å². The second-order valence-electron chi connectivity index (χ2n) is 5.26. The van der Waals surface area contributed by atoms with E-state index < -0.39 is 0 Å². The number of carbonyl (C=O) groups excluding carboxylic acids is 1. The predicted molar refractivity (Wildman–Crippen MR) is 109 cm³/mol. The lowest BCUT2D eigenvalue weighted by Crippen LogP contribution is -2.07. The van der Waals surface area contributed by atoms with Crippen molar-refractivity contribution in [2.75, 3.05) is 0 Å². The maximum atomic E-state index is 12.4. The fraction of sp³-hybridized carbons (Fsp3) is 0.111. The van der Waals surface area contributed by atoms with Gasteiger partial charge < -0.3 is 8.75 Å². The number of hydrogen-bond acceptors (Lipinski definition) is 5. The average Bonchev–Trinajstić information content (AvgIpc) is 3.13. The molecule has 1 unspecified atom stereocenters. The summed E-state index contributed by atoms with van der Waals surface area (Å²) in [6.45, 7) is 0.545. The summed E-state index contributed by atoms with van der Waals surface area (Å²) >= 11 is 14.3. The van der Waals surface area contributed by atoms with Crippen LogP contribution in [0.2, 0.25) is 10.0 Å². The number of halogens is 2. The molecule has 0 radical (unpaired) electrons. The summed E-state index contributed by atoms with van der Waals surface area (Å²) in [4.78, 5) is 16.5. The average molecular weight is 425 g/mol. The highest BCUT2D eigenvalue weighted by atomic mass is 35.5. The van der Waals surface area contributed by atoms with Crippen LogP contribution in [0.3, 0.4) is 0 Å². The maximum absolute atomic E-state index is 12.4. The first-order chi connectivity index (χ1) is 12.6. The van der Waals surface area contributed by atoms with Gasteiger partial charge in [0.2, 0.25) is 0 Å². The van der Waals surface area contributed by atoms with Crippen LogP contribution in [0.5, 0.6) is 5.75 Å². The Kier molecular flexibility index (Phi) is 6.91. The third-order valence-electron chi connectivity index (χ3n) is 3.43. The van der Waals surface area contributed by atoms with E-state index in [1.165, 1.54) is 0 Å². The zero-order chi connectivity index (χ0) is 18.4. The quantitative estimate of drug-likeness (QED) is 0.421. The van der Waals surface area contributed by atoms with Crippen molar-refractivity contribution in [2.24, 2.45) is 0 Å². The lowest BCUT2D eigenvalue weighted by atomic mass is 10.1. The van der Waals surface area contributed by atoms with Crippen LogP contribution in [-0.4, -0.2) is 14.0 Å². The van der Waals surface area contributed by atoms with E-state index in [-0.39, 0.29) is 9.70 Å². The summed E-state index contributed by atoms with van der Waals surface area (Å²) in [5, 5.41) is 0.878. The Morgan fingerprint density at radius 3 is 2.69 bits per heavy atom. The third-order valence-corrected chi connectivity index (χ3v) is 5.78. The number of aromatic nitrogens is 2. The van der Waals surface area contributed by atoms with E-state index in [0.717, 1.165) is 29.4 Å². The molecule has 0 saturated heterocycles. The first-order valence-corrected chi connectivity index (χ1v) is 10.0. The second-order valence-corrected chi connectivity index (χ2v) is 8.24. The van der Waals surface area contributed by atoms with Crippen molar-refractivity contribution in [2.45, 2.75) is 11.8 Å². The Morgan fingerprint density at radius 1 is 1.19 bits per heavy atom. The number of imidazole rings is 1. The molecule has 0 bridgehead atoms. The van der Waals surface area contributed by atoms with Crippen LogP contribution in [0.1, 0.15) is 10.8 Å². The molecular formula is C18H14Cl2N2O2S2. The van der Waals surface area contributed by atoms with E-state index in [2.05, 4.69) is 4.98 Å². The van der Waals surface area contributed by atoms with Crippen LogP contribution >= 0.6 is 47.0 Å². The van der Waals surface area contributed by atoms with Crippen LogP contribution in [0, 0.1) is 0 Å². The lowest BCUT2D eigenvalue weighted by Gasteiger charge is -2.18. The molecule has 26 heavy (non-hydrogen) atoms. The Balaban J connectivity index is 1.71. The number of thioether (sulfide) groups is 1. The molecule has 1 aromatic heterocycles. The van der Waals surface area contributed by atoms with Crippen LogP contribution in [-0.2, 0) is 6.54 Å². The SMILES string of the molecule is O=C(SOc1ccccc1)SC(Cn1ccnc1)c1ccc(Cl)cc1Cl. The number of benzene rings is 2. The van der Waals surface area contributed by atoms with Gasteiger partial charge >= 0.3 is 0 Å². The molecule has 0 aliphatic rings. The molecule has 0 amide bonds. The molecule has 4 nitrogen and oxygen atoms in total. The minimum Gasteiger partial charge on any atom is -0.417 e. The Bertz CT molecular complexity index is 861. The first kappa shape index (κ1) is 19.2. The molecule has 1 heterocycles. The molecule has 3 aromatic rings. The van der Waals surface area contributed by atoms with Crippen LogP contribution in [0.15, 0.2) is 67.3 Å². The van der Waals surface area contributed by atoms with Crippen molar-refractivity contribution in [1.82, 2.24) is 9.55 Å². The highest BCUT2D eigenvalue weighted by molar-refractivity contribution is 8.37. The maximum Gasteiger partial charge on any atom is 0.285 e. The molecular weight excluding hydrogens is 411 g/mol. The zero-order valence-corrected chi connectivity index (χ0v) is 16.6. The molecule has 3 rings (SSSR count). The molecule has 0 aliphatic heterocycles. The van der Waals surface area contributed by atoms with E-state index in [0.29, 0.717) is 22.3 Å². The summed E-state index contributed by atoms with van der Waals surface area (Å²) in [5.41, 5.74) is 0.837. The van der Waals surface area contributed by atoms with Gasteiger partial charge in [-0.3, -0.25) is 4.79 Å². The molecule has 2 aromatic carbocycles. The fourth-order valence-corrected chi connectivity index (χ4v) is 4.54. The monoisotopic (exact) mass is 424 g/mol. The molecule has 1 atom stereocenters. The molecule has 0 N–H and O–H groups in total. The van der Waals surface area contributed by atoms with E-state index in [1.807, 2.05) is 35.0 Å². The minimum absolute atomic E-state index is 0.162. The Morgan fingerprint density at radius 2 is 2.00 bits per heavy atom. The van der Waals surface area contributed by atoms with Crippen molar-refractivity contribution in [3.8, 4) is 5.75 Å². The molecule has 134 valence electrons. The van der Waals surface area contributed by atoms with Crippen molar-refractivity contribution in [1.29, 1.82) is 0 Å². The van der Waals surface area contributed by atoms with Gasteiger partial charge in [-0.25, -0.2) is 4.98 Å². The van der Waals surface area contributed by atoms with E-state index in [9.17, 15) is 4.79 Å². The summed E-state index contributed by atoms with van der Waals surface area (Å²) in [7, 11) is 0. The molecule has 8 heteroatoms. The number of hydrogen-bond donors (Lipinski definition) is 0. The van der Waals surface area contributed by atoms with Gasteiger partial charge in [-0.2, -0.15) is 0 Å². The predicted octanol–water partition coefficient (Wildman–Crippen LogP) is 6.51. The van der Waals surface area contributed by atoms with Crippen molar-refractivity contribution >= 4 is 51.5 Å². The van der Waals surface area contributed by atoms with Gasteiger partial charge in [0.25, 0.3) is 4.45 Å². The molecule has 0 spiro atoms. The van der Waals surface area contributed by atoms with Crippen molar-refractivity contribution in [3.05, 3.63) is 82.9 Å². The second kappa shape index (κ2) is 9.37. The molecule has 0 saturated carbocycles. The molecule has 0 aliphatic carbocycles. The molecule has 0 fully saturated rings. The summed E-state index contributed by atoms with van der Waals surface area (Å²) < 4.78 is 7.20. The summed E-state index contributed by atoms with van der Waals surface area (Å²) in [5.74, 6) is 0.627. The van der Waals surface area contributed by atoms with E-state index >= 15 is 0 Å². The Labute approximate surface area is 170 Å². The van der Waals surface area contributed by atoms with Crippen LogP contribution < -0.4 is 4.18 Å². The van der Waals surface area contributed by atoms with Gasteiger partial charge in [0.05, 0.1) is 11.6 Å². The number of carbonyl (C=O) groups is 1. The van der Waals surface area contributed by atoms with E-state index in [4.69, 9.17) is 27.4 Å². The summed E-state index contributed by atoms with van der Waals surface area (Å²) in [6, 6.07) is 14.5. The highest BCUT2D eigenvalue weighted by Gasteiger charge is 2.21. The third kappa shape index (κ3) is 5.45. The number of para-hydroxylation sites is 1. The topological polar surface area (TPSA) is 44.1 Å². The largest absolute Gasteiger partial charge is 0.417 e. The van der Waals surface area contributed by atoms with Gasteiger partial charge in [-0.1, -0.05) is 59.2 Å². The van der Waals surface area contributed by atoms with E-state index in [1.54, 1.807) is 36.8 Å². The number of nitrogens with zero attached hydrogens (tertiary/aromatic N) is 2. The normalized spacial score (nSPS) is 11.9. The Hall–Kier alpha value is -1.60. The van der Waals surface area contributed by atoms with Gasteiger partial charge in [0, 0.05) is 29.0 Å². The van der Waals surface area contributed by atoms with Gasteiger partial charge in [-0.15, -0.1) is 0 Å². The highest BCUT2D eigenvalue weighted by Crippen LogP contribution is 2.39.